The summed E-state index contributed by atoms with van der Waals surface area (Å²) in [6.07, 6.45) is 0. The molecular formula is C10H33NSi5. The normalized spacial score (nSPS) is 14.2. The number of nitrogens with zero attached hydrogens (tertiary/aromatic N) is 1. The Labute approximate surface area is 115 Å². The highest BCUT2D eigenvalue weighted by Crippen LogP contribution is 2.17. The molecule has 1 nitrogen and oxygen atoms in total. The highest BCUT2D eigenvalue weighted by Gasteiger charge is 2.20. The van der Waals surface area contributed by atoms with Gasteiger partial charge in [0, 0.05) is 20.5 Å². The molecule has 16 heavy (non-hydrogen) atoms. The van der Waals surface area contributed by atoms with Crippen LogP contribution in [0.1, 0.15) is 27.7 Å². The van der Waals surface area contributed by atoms with Gasteiger partial charge in [0.05, 0.1) is 28.3 Å². The minimum Gasteiger partial charge on any atom is -0.380 e. The molecule has 0 aliphatic carbocycles. The third kappa shape index (κ3) is 8.18. The van der Waals surface area contributed by atoms with E-state index >= 15 is 0 Å². The van der Waals surface area contributed by atoms with Crippen molar-refractivity contribution in [2.45, 2.75) is 51.1 Å². The molecule has 0 unspecified atom stereocenters. The maximum absolute atomic E-state index is 3.21. The Hall–Kier alpha value is 1.04. The van der Waals surface area contributed by atoms with Gasteiger partial charge >= 0.3 is 0 Å². The van der Waals surface area contributed by atoms with Crippen molar-refractivity contribution in [3.8, 4) is 0 Å². The molecule has 0 saturated heterocycles. The van der Waals surface area contributed by atoms with Gasteiger partial charge in [-0.3, -0.25) is 0 Å². The van der Waals surface area contributed by atoms with Crippen LogP contribution in [0.15, 0.2) is 0 Å². The average molecular weight is 308 g/mol. The van der Waals surface area contributed by atoms with Crippen molar-refractivity contribution in [3.05, 3.63) is 0 Å². The molecule has 0 rings (SSSR count). The average Bonchev–Trinajstić information content (AvgIpc) is 2.15. The van der Waals surface area contributed by atoms with E-state index in [1.54, 1.807) is 23.4 Å². The highest BCUT2D eigenvalue weighted by molar-refractivity contribution is 6.77. The van der Waals surface area contributed by atoms with Crippen molar-refractivity contribution < 1.29 is 0 Å². The van der Waals surface area contributed by atoms with Crippen molar-refractivity contribution >= 4 is 48.8 Å². The van der Waals surface area contributed by atoms with Gasteiger partial charge in [-0.1, -0.05) is 39.0 Å². The molecule has 0 saturated carbocycles. The van der Waals surface area contributed by atoms with Crippen LogP contribution >= 0.6 is 0 Å². The third-order valence-corrected chi connectivity index (χ3v) is 18.3. The molecule has 0 aromatic carbocycles. The van der Waals surface area contributed by atoms with Crippen LogP contribution in [0.4, 0.5) is 0 Å². The van der Waals surface area contributed by atoms with Crippen molar-refractivity contribution in [1.82, 2.24) is 3.90 Å². The van der Waals surface area contributed by atoms with E-state index < -0.39 is 8.96 Å². The summed E-state index contributed by atoms with van der Waals surface area (Å²) in [5, 5.41) is 0. The molecular weight excluding hydrogens is 275 g/mol. The predicted octanol–water partition coefficient (Wildman–Crippen LogP) is -1.03. The zero-order chi connectivity index (χ0) is 12.6. The van der Waals surface area contributed by atoms with Gasteiger partial charge in [0.1, 0.15) is 0 Å². The van der Waals surface area contributed by atoms with Crippen LogP contribution in [0.3, 0.4) is 0 Å². The van der Waals surface area contributed by atoms with Gasteiger partial charge in [-0.25, -0.2) is 0 Å². The molecule has 0 radical (unpaired) electrons. The van der Waals surface area contributed by atoms with Crippen molar-refractivity contribution in [2.24, 2.45) is 11.8 Å². The molecule has 0 aromatic rings. The fourth-order valence-corrected chi connectivity index (χ4v) is 26.0. The molecule has 0 N–H and O–H groups in total. The largest absolute Gasteiger partial charge is 0.380 e. The summed E-state index contributed by atoms with van der Waals surface area (Å²) in [6.45, 7) is 9.73. The fourth-order valence-electron chi connectivity index (χ4n) is 2.53. The molecule has 0 aliphatic rings. The molecule has 0 fully saturated rings. The summed E-state index contributed by atoms with van der Waals surface area (Å²) in [7, 11) is 2.89. The van der Waals surface area contributed by atoms with E-state index in [1.165, 1.54) is 20.5 Å². The quantitative estimate of drug-likeness (QED) is 0.493. The lowest BCUT2D eigenvalue weighted by atomic mass is 10.3. The van der Waals surface area contributed by atoms with E-state index in [1.807, 2.05) is 0 Å². The Bertz CT molecular complexity index is 149. The maximum Gasteiger partial charge on any atom is 0.0977 e. The SMILES string of the molecule is CC(C)C[SiH](CC(C)C)N([SiH2]C[SiH3])[SiH2]C[SiH3]. The Morgan fingerprint density at radius 2 is 1.31 bits per heavy atom. The van der Waals surface area contributed by atoms with Gasteiger partial charge in [0.25, 0.3) is 0 Å². The zero-order valence-corrected chi connectivity index (χ0v) is 20.4. The first-order valence-corrected chi connectivity index (χ1v) is 15.5. The first kappa shape index (κ1) is 17.0. The molecule has 0 aliphatic heterocycles. The predicted molar refractivity (Wildman–Crippen MR) is 94.9 cm³/mol. The molecule has 0 amide bonds. The second kappa shape index (κ2) is 10.0. The fraction of sp³-hybridized carbons (Fsp3) is 1.00. The van der Waals surface area contributed by atoms with Crippen molar-refractivity contribution in [2.75, 3.05) is 0 Å². The van der Waals surface area contributed by atoms with Gasteiger partial charge in [0.2, 0.25) is 0 Å². The second-order valence-corrected chi connectivity index (χ2v) is 21.8. The minimum atomic E-state index is -0.499. The lowest BCUT2D eigenvalue weighted by Gasteiger charge is -2.33. The van der Waals surface area contributed by atoms with E-state index in [2.05, 4.69) is 31.6 Å². The van der Waals surface area contributed by atoms with Crippen LogP contribution in [0.5, 0.6) is 0 Å². The smallest absolute Gasteiger partial charge is 0.0977 e. The first-order valence-electron chi connectivity index (χ1n) is 7.25. The van der Waals surface area contributed by atoms with Crippen LogP contribution in [-0.2, 0) is 0 Å². The Kier molecular flexibility index (Phi) is 10.7. The Morgan fingerprint density at radius 1 is 0.938 bits per heavy atom. The Morgan fingerprint density at radius 3 is 1.56 bits per heavy atom. The van der Waals surface area contributed by atoms with Gasteiger partial charge in [-0.2, -0.15) is 0 Å². The molecule has 98 valence electrons. The van der Waals surface area contributed by atoms with E-state index in [0.29, 0.717) is 0 Å². The standard InChI is InChI=1S/C10H33NSi5/c1-9(2)5-16(6-10(3)4)11(14-7-12)15-8-13/h9-10,16H,5-8,14-15H2,1-4,12-13H3. The summed E-state index contributed by atoms with van der Waals surface area (Å²) in [5.74, 6) is 1.90. The molecule has 0 atom stereocenters. The summed E-state index contributed by atoms with van der Waals surface area (Å²) in [4.78, 5) is 0. The van der Waals surface area contributed by atoms with Gasteiger partial charge < -0.3 is 3.90 Å². The van der Waals surface area contributed by atoms with Gasteiger partial charge in [0.15, 0.2) is 0 Å². The number of hydrogen-bond donors (Lipinski definition) is 0. The molecule has 0 spiro atoms. The van der Waals surface area contributed by atoms with E-state index in [0.717, 1.165) is 11.8 Å². The number of rotatable bonds is 9. The second-order valence-electron chi connectivity index (χ2n) is 5.95. The van der Waals surface area contributed by atoms with Crippen LogP contribution < -0.4 is 0 Å². The lowest BCUT2D eigenvalue weighted by molar-refractivity contribution is 0.671. The van der Waals surface area contributed by atoms with E-state index in [4.69, 9.17) is 0 Å². The minimum absolute atomic E-state index is 0.232. The summed E-state index contributed by atoms with van der Waals surface area (Å²) >= 11 is 0. The highest BCUT2D eigenvalue weighted by atomic mass is 28.4. The third-order valence-electron chi connectivity index (χ3n) is 3.02. The topological polar surface area (TPSA) is 3.24 Å². The van der Waals surface area contributed by atoms with Crippen LogP contribution in [0, 0.1) is 11.8 Å². The van der Waals surface area contributed by atoms with Gasteiger partial charge in [-0.05, 0) is 23.9 Å². The zero-order valence-electron chi connectivity index (χ0n) is 12.4. The Balaban J connectivity index is 4.39. The van der Waals surface area contributed by atoms with Crippen molar-refractivity contribution in [3.63, 3.8) is 0 Å². The van der Waals surface area contributed by atoms with Crippen LogP contribution in [-0.4, -0.2) is 52.7 Å². The molecule has 0 heterocycles. The summed E-state index contributed by atoms with van der Waals surface area (Å²) < 4.78 is 3.21. The maximum atomic E-state index is 3.21. The first-order chi connectivity index (χ1) is 7.51. The van der Waals surface area contributed by atoms with Crippen molar-refractivity contribution in [1.29, 1.82) is 0 Å². The van der Waals surface area contributed by atoms with E-state index in [9.17, 15) is 0 Å². The number of hydrogen-bond acceptors (Lipinski definition) is 1. The van der Waals surface area contributed by atoms with E-state index in [-0.39, 0.29) is 19.4 Å². The molecule has 0 aromatic heterocycles. The summed E-state index contributed by atoms with van der Waals surface area (Å²) in [6, 6.07) is 3.20. The van der Waals surface area contributed by atoms with Gasteiger partial charge in [-0.15, -0.1) is 0 Å². The molecule has 0 bridgehead atoms. The monoisotopic (exact) mass is 307 g/mol. The molecule has 6 heteroatoms. The van der Waals surface area contributed by atoms with Crippen LogP contribution in [0.2, 0.25) is 23.4 Å². The van der Waals surface area contributed by atoms with Crippen LogP contribution in [0.25, 0.3) is 0 Å². The summed E-state index contributed by atoms with van der Waals surface area (Å²) in [5.41, 5.74) is 3.29. The lowest BCUT2D eigenvalue weighted by Crippen LogP contribution is -2.45.